The fourth-order valence-electron chi connectivity index (χ4n) is 9.05. The van der Waals surface area contributed by atoms with Gasteiger partial charge in [0.2, 0.25) is 11.8 Å². The van der Waals surface area contributed by atoms with E-state index in [1.54, 1.807) is 60.8 Å². The molecule has 4 aromatic carbocycles. The number of aromatic nitrogens is 1. The van der Waals surface area contributed by atoms with Crippen LogP contribution in [-0.4, -0.2) is 85.0 Å². The molecule has 1 spiro atoms. The first-order chi connectivity index (χ1) is 28.9. The minimum absolute atomic E-state index is 0.0725. The van der Waals surface area contributed by atoms with Gasteiger partial charge in [-0.15, -0.1) is 0 Å². The molecule has 0 radical (unpaired) electrons. The van der Waals surface area contributed by atoms with Crippen LogP contribution in [0, 0.1) is 5.92 Å². The Hall–Kier alpha value is -6.41. The van der Waals surface area contributed by atoms with Crippen molar-refractivity contribution < 1.29 is 43.2 Å². The third-order valence-electron chi connectivity index (χ3n) is 11.3. The predicted octanol–water partition coefficient (Wildman–Crippen LogP) is 5.26. The minimum Gasteiger partial charge on any atom is -0.491 e. The first-order valence-corrected chi connectivity index (χ1v) is 19.6. The Morgan fingerprint density at radius 1 is 0.814 bits per heavy atom. The lowest BCUT2D eigenvalue weighted by Crippen LogP contribution is -2.56. The van der Waals surface area contributed by atoms with Crippen molar-refractivity contribution in [3.8, 4) is 5.75 Å². The number of pyridine rings is 1. The third-order valence-corrected chi connectivity index (χ3v) is 11.3. The van der Waals surface area contributed by atoms with Crippen LogP contribution in [-0.2, 0) is 40.4 Å². The van der Waals surface area contributed by atoms with E-state index in [2.05, 4.69) is 10.3 Å². The topological polar surface area (TPSA) is 157 Å². The molecule has 0 saturated carbocycles. The van der Waals surface area contributed by atoms with Crippen LogP contribution in [0.5, 0.6) is 5.75 Å². The Labute approximate surface area is 341 Å². The number of anilines is 1. The molecule has 3 aliphatic rings. The lowest BCUT2D eigenvalue weighted by atomic mass is 9.65. The van der Waals surface area contributed by atoms with Crippen LogP contribution in [0.3, 0.4) is 0 Å². The van der Waals surface area contributed by atoms with Gasteiger partial charge in [0, 0.05) is 37.5 Å². The van der Waals surface area contributed by atoms with Crippen molar-refractivity contribution in [3.05, 3.63) is 162 Å². The molecule has 3 aliphatic heterocycles. The highest BCUT2D eigenvalue weighted by atomic mass is 16.6. The summed E-state index contributed by atoms with van der Waals surface area (Å²) in [6, 6.07) is 35.0. The van der Waals surface area contributed by atoms with Gasteiger partial charge in [0.15, 0.2) is 0 Å². The van der Waals surface area contributed by atoms with E-state index in [1.807, 2.05) is 77.7 Å². The number of rotatable bonds is 13. The number of aliphatic hydroxyl groups excluding tert-OH is 1. The highest BCUT2D eigenvalue weighted by Crippen LogP contribution is 2.66. The fraction of sp³-hybridized carbons (Fsp3) is 0.283. The predicted molar refractivity (Wildman–Crippen MR) is 215 cm³/mol. The van der Waals surface area contributed by atoms with Crippen LogP contribution < -0.4 is 15.0 Å². The highest BCUT2D eigenvalue weighted by molar-refractivity contribution is 6.23. The summed E-state index contributed by atoms with van der Waals surface area (Å²) in [5.41, 5.74) is 1.29. The summed E-state index contributed by atoms with van der Waals surface area (Å²) >= 11 is 0. The Bertz CT molecular complexity index is 2300. The van der Waals surface area contributed by atoms with E-state index in [0.29, 0.717) is 28.9 Å². The van der Waals surface area contributed by atoms with E-state index < -0.39 is 59.4 Å². The van der Waals surface area contributed by atoms with Gasteiger partial charge in [-0.3, -0.25) is 24.3 Å². The van der Waals surface area contributed by atoms with Gasteiger partial charge in [-0.2, -0.15) is 0 Å². The van der Waals surface area contributed by atoms with E-state index in [1.165, 1.54) is 7.11 Å². The van der Waals surface area contributed by atoms with Gasteiger partial charge in [-0.1, -0.05) is 103 Å². The molecule has 2 saturated heterocycles. The zero-order valence-corrected chi connectivity index (χ0v) is 32.4. The standard InChI is InChI=1S/C46H44N4O9/c1-56-28-29-58-45(55)49-35-21-10-9-20-34(35)46(44(49)54)37(42(52)48-25-23-32-18-12-13-24-47-32)39-43(53)59-40(31-16-6-3-7-17-31)38(30-14-4-2-5-15-30)50(39)41(46)33-19-8-11-22-36(33)57-27-26-51/h2-22,24,37-41,51H,23,25-29H2,1H3,(H,48,52). The summed E-state index contributed by atoms with van der Waals surface area (Å²) in [6.45, 7) is -0.282. The molecule has 1 aromatic heterocycles. The molecule has 3 amide bonds. The number of esters is 1. The lowest BCUT2D eigenvalue weighted by molar-refractivity contribution is -0.178. The smallest absolute Gasteiger partial charge is 0.421 e. The second-order valence-electron chi connectivity index (χ2n) is 14.5. The fourth-order valence-corrected chi connectivity index (χ4v) is 9.05. The van der Waals surface area contributed by atoms with Crippen LogP contribution >= 0.6 is 0 Å². The molecule has 13 heteroatoms. The number of hydrogen-bond donors (Lipinski definition) is 2. The zero-order chi connectivity index (χ0) is 40.9. The number of carbonyl (C=O) groups excluding carboxylic acids is 4. The Morgan fingerprint density at radius 3 is 2.24 bits per heavy atom. The average Bonchev–Trinajstić information content (AvgIpc) is 3.73. The van der Waals surface area contributed by atoms with E-state index in [4.69, 9.17) is 18.9 Å². The number of nitrogens with one attached hydrogen (secondary N) is 1. The first-order valence-electron chi connectivity index (χ1n) is 19.6. The minimum atomic E-state index is -1.95. The highest BCUT2D eigenvalue weighted by Gasteiger charge is 2.76. The first kappa shape index (κ1) is 39.4. The maximum atomic E-state index is 16.0. The summed E-state index contributed by atoms with van der Waals surface area (Å²) in [5.74, 6) is -3.18. The molecule has 302 valence electrons. The SMILES string of the molecule is COCCOC(=O)N1C(=O)C2(c3ccccc31)C(C(=O)NCCc1ccccn1)C1C(=O)OC(c3ccccc3)C(c3ccccc3)N1C2c1ccccc1OCCO. The molecule has 13 nitrogen and oxygen atoms in total. The van der Waals surface area contributed by atoms with Crippen molar-refractivity contribution in [2.24, 2.45) is 5.92 Å². The lowest BCUT2D eigenvalue weighted by Gasteiger charge is -2.46. The monoisotopic (exact) mass is 796 g/mol. The van der Waals surface area contributed by atoms with Gasteiger partial charge in [0.1, 0.15) is 36.5 Å². The van der Waals surface area contributed by atoms with E-state index in [0.717, 1.165) is 16.2 Å². The summed E-state index contributed by atoms with van der Waals surface area (Å²) in [5, 5.41) is 13.0. The maximum Gasteiger partial charge on any atom is 0.421 e. The molecule has 0 aliphatic carbocycles. The van der Waals surface area contributed by atoms with Crippen molar-refractivity contribution in [1.29, 1.82) is 0 Å². The van der Waals surface area contributed by atoms with Crippen molar-refractivity contribution in [2.75, 3.05) is 45.0 Å². The maximum absolute atomic E-state index is 16.0. The molecule has 8 rings (SSSR count). The molecular formula is C46H44N4O9. The Balaban J connectivity index is 1.40. The van der Waals surface area contributed by atoms with Gasteiger partial charge in [-0.05, 0) is 41.0 Å². The number of amides is 3. The molecule has 0 bridgehead atoms. The van der Waals surface area contributed by atoms with Crippen LogP contribution in [0.1, 0.15) is 46.1 Å². The molecule has 5 aromatic rings. The van der Waals surface area contributed by atoms with Crippen LogP contribution in [0.2, 0.25) is 0 Å². The van der Waals surface area contributed by atoms with Crippen molar-refractivity contribution >= 4 is 29.6 Å². The van der Waals surface area contributed by atoms with Crippen molar-refractivity contribution in [2.45, 2.75) is 36.1 Å². The number of imide groups is 1. The normalized spacial score (nSPS) is 23.4. The molecule has 2 N–H and O–H groups in total. The third kappa shape index (κ3) is 7.00. The van der Waals surface area contributed by atoms with E-state index in [-0.39, 0.29) is 38.7 Å². The van der Waals surface area contributed by atoms with Crippen LogP contribution in [0.4, 0.5) is 10.5 Å². The Kier molecular flexibility index (Phi) is 11.5. The number of morpholine rings is 1. The molecule has 2 fully saturated rings. The number of carbonyl (C=O) groups is 4. The number of methoxy groups -OCH3 is 1. The van der Waals surface area contributed by atoms with Crippen molar-refractivity contribution in [3.63, 3.8) is 0 Å². The molecule has 4 heterocycles. The molecule has 6 atom stereocenters. The summed E-state index contributed by atoms with van der Waals surface area (Å²) in [7, 11) is 1.47. The van der Waals surface area contributed by atoms with E-state index >= 15 is 14.4 Å². The number of para-hydroxylation sites is 2. The quantitative estimate of drug-likeness (QED) is 0.118. The number of ether oxygens (including phenoxy) is 4. The molecular weight excluding hydrogens is 753 g/mol. The van der Waals surface area contributed by atoms with Gasteiger partial charge >= 0.3 is 12.1 Å². The Morgan fingerprint density at radius 2 is 1.51 bits per heavy atom. The number of benzene rings is 4. The number of aliphatic hydroxyl groups is 1. The number of cyclic esters (lactones) is 1. The second kappa shape index (κ2) is 17.2. The summed E-state index contributed by atoms with van der Waals surface area (Å²) in [4.78, 5) is 67.8. The number of hydrogen-bond acceptors (Lipinski definition) is 11. The number of fused-ring (bicyclic) bond motifs is 3. The summed E-state index contributed by atoms with van der Waals surface area (Å²) < 4.78 is 23.4. The van der Waals surface area contributed by atoms with Gasteiger partial charge in [0.25, 0.3) is 0 Å². The van der Waals surface area contributed by atoms with E-state index in [9.17, 15) is 9.90 Å². The van der Waals surface area contributed by atoms with Gasteiger partial charge in [-0.25, -0.2) is 9.69 Å². The zero-order valence-electron chi connectivity index (χ0n) is 32.4. The van der Waals surface area contributed by atoms with Crippen LogP contribution in [0.25, 0.3) is 0 Å². The van der Waals surface area contributed by atoms with Gasteiger partial charge < -0.3 is 29.4 Å². The average molecular weight is 797 g/mol. The molecule has 59 heavy (non-hydrogen) atoms. The molecule has 6 unspecified atom stereocenters. The summed E-state index contributed by atoms with van der Waals surface area (Å²) in [6.07, 6.45) is 0.197. The van der Waals surface area contributed by atoms with Crippen molar-refractivity contribution in [1.82, 2.24) is 15.2 Å². The van der Waals surface area contributed by atoms with Gasteiger partial charge in [0.05, 0.1) is 36.9 Å². The second-order valence-corrected chi connectivity index (χ2v) is 14.5. The largest absolute Gasteiger partial charge is 0.491 e. The number of nitrogens with zero attached hydrogens (tertiary/aromatic N) is 3. The van der Waals surface area contributed by atoms with Crippen LogP contribution in [0.15, 0.2) is 134 Å².